The summed E-state index contributed by atoms with van der Waals surface area (Å²) in [6, 6.07) is 14.5. The van der Waals surface area contributed by atoms with E-state index in [2.05, 4.69) is 4.98 Å². The molecule has 1 saturated heterocycles. The van der Waals surface area contributed by atoms with Gasteiger partial charge in [-0.25, -0.2) is 0 Å². The highest BCUT2D eigenvalue weighted by atomic mass is 16.5. The van der Waals surface area contributed by atoms with Crippen LogP contribution in [0.5, 0.6) is 5.75 Å². The number of nitrogens with zero attached hydrogens (tertiary/aromatic N) is 2. The topological polar surface area (TPSA) is 106 Å². The highest BCUT2D eigenvalue weighted by molar-refractivity contribution is 6.51. The lowest BCUT2D eigenvalue weighted by atomic mass is 9.95. The van der Waals surface area contributed by atoms with Gasteiger partial charge in [-0.1, -0.05) is 12.1 Å². The van der Waals surface area contributed by atoms with E-state index in [9.17, 15) is 19.5 Å². The van der Waals surface area contributed by atoms with Crippen molar-refractivity contribution >= 4 is 29.1 Å². The first-order valence-corrected chi connectivity index (χ1v) is 12.4. The molecule has 2 aromatic carbocycles. The average molecular weight is 515 g/mol. The fraction of sp³-hybridized carbons (Fsp3) is 0.267. The second kappa shape index (κ2) is 11.3. The molecule has 1 aliphatic rings. The molecule has 0 spiro atoms. The Labute approximate surface area is 221 Å². The number of ether oxygens (including phenoxy) is 2. The molecule has 1 fully saturated rings. The molecule has 0 aliphatic carbocycles. The highest BCUT2D eigenvalue weighted by Crippen LogP contribution is 2.42. The van der Waals surface area contributed by atoms with E-state index >= 15 is 0 Å². The van der Waals surface area contributed by atoms with Crippen LogP contribution in [-0.4, -0.2) is 40.5 Å². The van der Waals surface area contributed by atoms with E-state index in [1.807, 2.05) is 20.8 Å². The number of esters is 1. The molecule has 0 bridgehead atoms. The summed E-state index contributed by atoms with van der Waals surface area (Å²) in [5.74, 6) is -1.50. The monoisotopic (exact) mass is 514 g/mol. The minimum Gasteiger partial charge on any atom is -0.507 e. The van der Waals surface area contributed by atoms with Gasteiger partial charge in [0.15, 0.2) is 0 Å². The van der Waals surface area contributed by atoms with Gasteiger partial charge in [-0.2, -0.15) is 0 Å². The van der Waals surface area contributed by atoms with Crippen LogP contribution in [0.1, 0.15) is 49.1 Å². The second-order valence-electron chi connectivity index (χ2n) is 9.24. The van der Waals surface area contributed by atoms with Crippen molar-refractivity contribution in [2.24, 2.45) is 0 Å². The van der Waals surface area contributed by atoms with Gasteiger partial charge in [0.05, 0.1) is 30.7 Å². The predicted molar refractivity (Wildman–Crippen MR) is 143 cm³/mol. The Bertz CT molecular complexity index is 1380. The van der Waals surface area contributed by atoms with E-state index in [1.54, 1.807) is 73.9 Å². The summed E-state index contributed by atoms with van der Waals surface area (Å²) >= 11 is 0. The van der Waals surface area contributed by atoms with Crippen LogP contribution in [0.25, 0.3) is 5.76 Å². The zero-order chi connectivity index (χ0) is 27.4. The molecule has 38 heavy (non-hydrogen) atoms. The van der Waals surface area contributed by atoms with E-state index < -0.39 is 17.7 Å². The Morgan fingerprint density at radius 3 is 2.34 bits per heavy atom. The minimum absolute atomic E-state index is 0.0196. The van der Waals surface area contributed by atoms with Crippen molar-refractivity contribution in [3.05, 3.63) is 94.8 Å². The van der Waals surface area contributed by atoms with Crippen LogP contribution in [0, 0.1) is 6.92 Å². The van der Waals surface area contributed by atoms with Crippen LogP contribution in [0.3, 0.4) is 0 Å². The number of carbonyl (C=O) groups excluding carboxylic acids is 3. The molecular formula is C30H30N2O6. The van der Waals surface area contributed by atoms with Crippen LogP contribution in [0.15, 0.2) is 72.6 Å². The Kier molecular flexibility index (Phi) is 7.90. The van der Waals surface area contributed by atoms with Gasteiger partial charge in [-0.05, 0) is 86.8 Å². The zero-order valence-electron chi connectivity index (χ0n) is 21.8. The fourth-order valence-electron chi connectivity index (χ4n) is 4.45. The van der Waals surface area contributed by atoms with Crippen molar-refractivity contribution in [2.75, 3.05) is 11.5 Å². The third-order valence-electron chi connectivity index (χ3n) is 6.15. The van der Waals surface area contributed by atoms with Crippen molar-refractivity contribution in [1.29, 1.82) is 0 Å². The first-order valence-electron chi connectivity index (χ1n) is 12.4. The van der Waals surface area contributed by atoms with Crippen LogP contribution in [0.2, 0.25) is 0 Å². The summed E-state index contributed by atoms with van der Waals surface area (Å²) in [7, 11) is 0. The third kappa shape index (κ3) is 5.44. The number of hydrogen-bond donors (Lipinski definition) is 1. The Balaban J connectivity index is 1.78. The van der Waals surface area contributed by atoms with Crippen LogP contribution in [-0.2, 0) is 25.5 Å². The first kappa shape index (κ1) is 26.6. The number of amides is 1. The number of aliphatic hydroxyl groups excluding tert-OH is 1. The number of carbonyl (C=O) groups is 3. The van der Waals surface area contributed by atoms with Crippen molar-refractivity contribution in [3.63, 3.8) is 0 Å². The molecule has 196 valence electrons. The molecule has 0 radical (unpaired) electrons. The molecule has 1 atom stereocenters. The lowest BCUT2D eigenvalue weighted by Gasteiger charge is -2.25. The van der Waals surface area contributed by atoms with Gasteiger partial charge in [0.2, 0.25) is 0 Å². The van der Waals surface area contributed by atoms with Crippen LogP contribution < -0.4 is 9.64 Å². The molecule has 1 aliphatic heterocycles. The van der Waals surface area contributed by atoms with Crippen molar-refractivity contribution in [2.45, 2.75) is 46.3 Å². The Morgan fingerprint density at radius 2 is 1.74 bits per heavy atom. The molecular weight excluding hydrogens is 484 g/mol. The van der Waals surface area contributed by atoms with Gasteiger partial charge < -0.3 is 14.6 Å². The Hall–Kier alpha value is -4.46. The molecule has 0 saturated carbocycles. The highest BCUT2D eigenvalue weighted by Gasteiger charge is 2.47. The number of ketones is 1. The molecule has 8 nitrogen and oxygen atoms in total. The maximum Gasteiger partial charge on any atom is 0.310 e. The summed E-state index contributed by atoms with van der Waals surface area (Å²) in [6.07, 6.45) is 3.21. The first-order chi connectivity index (χ1) is 18.2. The third-order valence-corrected chi connectivity index (χ3v) is 6.15. The number of rotatable bonds is 8. The normalized spacial score (nSPS) is 16.7. The lowest BCUT2D eigenvalue weighted by molar-refractivity contribution is -0.142. The van der Waals surface area contributed by atoms with E-state index in [0.717, 1.165) is 5.56 Å². The quantitative estimate of drug-likeness (QED) is 0.197. The SMILES string of the molecule is CCOC(=O)Cc1ccc(N2C(=O)C(=O)/C(=C(\O)c3ccc(OC(C)C)c(C)c3)C2c2ccncc2)cc1. The second-order valence-corrected chi connectivity index (χ2v) is 9.24. The van der Waals surface area contributed by atoms with Gasteiger partial charge >= 0.3 is 5.97 Å². The van der Waals surface area contributed by atoms with Crippen LogP contribution >= 0.6 is 0 Å². The Morgan fingerprint density at radius 1 is 1.05 bits per heavy atom. The molecule has 3 aromatic rings. The summed E-state index contributed by atoms with van der Waals surface area (Å²) in [6.45, 7) is 7.73. The van der Waals surface area contributed by atoms with Crippen molar-refractivity contribution < 1.29 is 29.0 Å². The molecule has 1 unspecified atom stereocenters. The number of benzene rings is 2. The predicted octanol–water partition coefficient (Wildman–Crippen LogP) is 4.91. The van der Waals surface area contributed by atoms with Gasteiger partial charge in [-0.3, -0.25) is 24.3 Å². The van der Waals surface area contributed by atoms with Crippen molar-refractivity contribution in [3.8, 4) is 5.75 Å². The smallest absolute Gasteiger partial charge is 0.310 e. The molecule has 4 rings (SSSR count). The average Bonchev–Trinajstić information content (AvgIpc) is 3.16. The van der Waals surface area contributed by atoms with E-state index in [4.69, 9.17) is 9.47 Å². The standard InChI is InChI=1S/C30H30N2O6/c1-5-37-25(33)17-20-6-9-23(10-7-20)32-27(21-12-14-31-15-13-21)26(29(35)30(32)36)28(34)22-8-11-24(19(4)16-22)38-18(2)3/h6-16,18,27,34H,5,17H2,1-4H3/b28-26-. The number of pyridine rings is 1. The molecule has 2 heterocycles. The molecule has 8 heteroatoms. The number of Topliss-reactive ketones (excluding diaryl/α,β-unsaturated/α-hetero) is 1. The maximum absolute atomic E-state index is 13.4. The summed E-state index contributed by atoms with van der Waals surface area (Å²) in [4.78, 5) is 44.0. The summed E-state index contributed by atoms with van der Waals surface area (Å²) in [5.41, 5.74) is 2.96. The van der Waals surface area contributed by atoms with Gasteiger partial charge in [0.25, 0.3) is 11.7 Å². The fourth-order valence-corrected chi connectivity index (χ4v) is 4.45. The van der Waals surface area contributed by atoms with E-state index in [-0.39, 0.29) is 29.8 Å². The molecule has 1 amide bonds. The number of aliphatic hydroxyl groups is 1. The minimum atomic E-state index is -0.874. The van der Waals surface area contributed by atoms with Crippen molar-refractivity contribution in [1.82, 2.24) is 4.98 Å². The van der Waals surface area contributed by atoms with E-state index in [1.165, 1.54) is 4.90 Å². The summed E-state index contributed by atoms with van der Waals surface area (Å²) < 4.78 is 10.8. The maximum atomic E-state index is 13.4. The number of anilines is 1. The number of aryl methyl sites for hydroxylation is 1. The van der Waals surface area contributed by atoms with Crippen LogP contribution in [0.4, 0.5) is 5.69 Å². The largest absolute Gasteiger partial charge is 0.507 e. The lowest BCUT2D eigenvalue weighted by Crippen LogP contribution is -2.29. The summed E-state index contributed by atoms with van der Waals surface area (Å²) in [5, 5.41) is 11.4. The number of hydrogen-bond acceptors (Lipinski definition) is 7. The molecule has 1 N–H and O–H groups in total. The molecule has 1 aromatic heterocycles. The van der Waals surface area contributed by atoms with Gasteiger partial charge in [0, 0.05) is 23.6 Å². The zero-order valence-corrected chi connectivity index (χ0v) is 21.8. The number of aromatic nitrogens is 1. The van der Waals surface area contributed by atoms with Gasteiger partial charge in [-0.15, -0.1) is 0 Å². The van der Waals surface area contributed by atoms with E-state index in [0.29, 0.717) is 34.7 Å². The van der Waals surface area contributed by atoms with Gasteiger partial charge in [0.1, 0.15) is 11.5 Å².